The van der Waals surface area contributed by atoms with Crippen LogP contribution in [0.2, 0.25) is 0 Å². The van der Waals surface area contributed by atoms with Gasteiger partial charge in [0.2, 0.25) is 11.9 Å². The van der Waals surface area contributed by atoms with Crippen LogP contribution in [0.5, 0.6) is 0 Å². The second kappa shape index (κ2) is 9.75. The van der Waals surface area contributed by atoms with Crippen LogP contribution in [0.15, 0.2) is 24.3 Å². The number of likely N-dealkylation sites (tertiary alicyclic amines) is 1. The summed E-state index contributed by atoms with van der Waals surface area (Å²) in [5, 5.41) is 3.20. The predicted molar refractivity (Wildman–Crippen MR) is 118 cm³/mol. The van der Waals surface area contributed by atoms with Crippen LogP contribution in [-0.4, -0.2) is 62.8 Å². The van der Waals surface area contributed by atoms with E-state index in [1.54, 1.807) is 6.08 Å². The van der Waals surface area contributed by atoms with Gasteiger partial charge in [0.1, 0.15) is 5.82 Å². The van der Waals surface area contributed by atoms with Gasteiger partial charge in [0.15, 0.2) is 5.82 Å². The number of carbonyl (C=O) groups excluding carboxylic acids is 1. The molecule has 1 aliphatic heterocycles. The van der Waals surface area contributed by atoms with E-state index in [1.165, 1.54) is 0 Å². The zero-order valence-electron chi connectivity index (χ0n) is 18.5. The lowest BCUT2D eigenvalue weighted by atomic mass is 10.0. The lowest BCUT2D eigenvalue weighted by molar-refractivity contribution is -0.129. The first-order chi connectivity index (χ1) is 14.3. The minimum atomic E-state index is -0.129. The summed E-state index contributed by atoms with van der Waals surface area (Å²) >= 11 is 0. The Labute approximate surface area is 178 Å². The average Bonchev–Trinajstić information content (AvgIpc) is 2.66. The van der Waals surface area contributed by atoms with Crippen LogP contribution >= 0.6 is 0 Å². The number of aromatic nitrogens is 4. The zero-order valence-corrected chi connectivity index (χ0v) is 18.5. The predicted octanol–water partition coefficient (Wildman–Crippen LogP) is 3.11. The second-order valence-corrected chi connectivity index (χ2v) is 8.06. The number of aryl methyl sites for hydroxylation is 3. The molecule has 2 aromatic rings. The van der Waals surface area contributed by atoms with Gasteiger partial charge in [-0.15, -0.1) is 0 Å². The Morgan fingerprint density at radius 1 is 1.10 bits per heavy atom. The number of hydrogen-bond donors (Lipinski definition) is 1. The van der Waals surface area contributed by atoms with E-state index in [0.29, 0.717) is 17.6 Å². The Morgan fingerprint density at radius 3 is 2.50 bits per heavy atom. The fourth-order valence-corrected chi connectivity index (χ4v) is 3.62. The highest BCUT2D eigenvalue weighted by Gasteiger charge is 2.29. The molecule has 1 N–H and O–H groups in total. The van der Waals surface area contributed by atoms with Gasteiger partial charge in [-0.05, 0) is 60.2 Å². The summed E-state index contributed by atoms with van der Waals surface area (Å²) in [6, 6.07) is 3.67. The highest BCUT2D eigenvalue weighted by molar-refractivity contribution is 5.88. The van der Waals surface area contributed by atoms with E-state index in [4.69, 9.17) is 4.98 Å². The maximum atomic E-state index is 12.8. The second-order valence-electron chi connectivity index (χ2n) is 8.06. The standard InChI is InChI=1S/C22H31N7O/c1-15-13-16(2)25-22(24-15)27-19-14-17(3)23-21(26-19)18-9-6-7-12-29(18)20(30)10-8-11-28(4)5/h8,10,13-14,18H,6-7,9,11-12H2,1-5H3,(H,23,24,25,26,27)/b10-8+/t18-/m0/s1. The van der Waals surface area contributed by atoms with Crippen molar-refractivity contribution in [2.75, 3.05) is 32.5 Å². The molecule has 0 aromatic carbocycles. The van der Waals surface area contributed by atoms with E-state index in [1.807, 2.05) is 62.9 Å². The molecule has 0 aliphatic carbocycles. The van der Waals surface area contributed by atoms with Crippen molar-refractivity contribution in [1.29, 1.82) is 0 Å². The quantitative estimate of drug-likeness (QED) is 0.734. The minimum Gasteiger partial charge on any atom is -0.329 e. The molecule has 0 saturated carbocycles. The molecule has 3 heterocycles. The number of amides is 1. The van der Waals surface area contributed by atoms with E-state index in [9.17, 15) is 4.79 Å². The largest absolute Gasteiger partial charge is 0.329 e. The van der Waals surface area contributed by atoms with E-state index in [2.05, 4.69) is 20.3 Å². The molecule has 160 valence electrons. The topological polar surface area (TPSA) is 87.1 Å². The van der Waals surface area contributed by atoms with E-state index >= 15 is 0 Å². The van der Waals surface area contributed by atoms with Gasteiger partial charge in [-0.25, -0.2) is 19.9 Å². The maximum absolute atomic E-state index is 12.8. The summed E-state index contributed by atoms with van der Waals surface area (Å²) in [6.45, 7) is 7.26. The summed E-state index contributed by atoms with van der Waals surface area (Å²) < 4.78 is 0. The first-order valence-electron chi connectivity index (χ1n) is 10.4. The number of likely N-dealkylation sites (N-methyl/N-ethyl adjacent to an activating group) is 1. The van der Waals surface area contributed by atoms with Crippen molar-refractivity contribution in [3.63, 3.8) is 0 Å². The van der Waals surface area contributed by atoms with Crippen molar-refractivity contribution in [2.45, 2.75) is 46.1 Å². The first kappa shape index (κ1) is 21.8. The Morgan fingerprint density at radius 2 is 1.80 bits per heavy atom. The van der Waals surface area contributed by atoms with Crippen LogP contribution in [0.4, 0.5) is 11.8 Å². The molecule has 2 aromatic heterocycles. The highest BCUT2D eigenvalue weighted by Crippen LogP contribution is 2.30. The summed E-state index contributed by atoms with van der Waals surface area (Å²) in [7, 11) is 3.96. The molecule has 1 fully saturated rings. The third-order valence-electron chi connectivity index (χ3n) is 4.91. The Bertz CT molecular complexity index is 905. The molecular formula is C22H31N7O. The lowest BCUT2D eigenvalue weighted by Crippen LogP contribution is -2.38. The molecule has 1 atom stereocenters. The van der Waals surface area contributed by atoms with Gasteiger partial charge in [0.05, 0.1) is 6.04 Å². The monoisotopic (exact) mass is 409 g/mol. The summed E-state index contributed by atoms with van der Waals surface area (Å²) in [5.41, 5.74) is 2.63. The number of rotatable bonds is 6. The van der Waals surface area contributed by atoms with Crippen molar-refractivity contribution in [3.05, 3.63) is 47.2 Å². The number of nitrogens with zero attached hydrogens (tertiary/aromatic N) is 6. The van der Waals surface area contributed by atoms with Crippen LogP contribution < -0.4 is 5.32 Å². The summed E-state index contributed by atoms with van der Waals surface area (Å²) in [5.74, 6) is 1.83. The van der Waals surface area contributed by atoms with Crippen LogP contribution in [-0.2, 0) is 4.79 Å². The highest BCUT2D eigenvalue weighted by atomic mass is 16.2. The molecule has 0 bridgehead atoms. The van der Waals surface area contributed by atoms with E-state index < -0.39 is 0 Å². The number of hydrogen-bond acceptors (Lipinski definition) is 7. The maximum Gasteiger partial charge on any atom is 0.246 e. The normalized spacial score (nSPS) is 17.0. The molecular weight excluding hydrogens is 378 g/mol. The average molecular weight is 410 g/mol. The van der Waals surface area contributed by atoms with Gasteiger partial charge < -0.3 is 15.1 Å². The summed E-state index contributed by atoms with van der Waals surface area (Å²) in [6.07, 6.45) is 6.47. The third-order valence-corrected chi connectivity index (χ3v) is 4.91. The third kappa shape index (κ3) is 5.82. The number of piperidine rings is 1. The smallest absolute Gasteiger partial charge is 0.246 e. The van der Waals surface area contributed by atoms with Crippen LogP contribution in [0, 0.1) is 20.8 Å². The molecule has 0 spiro atoms. The van der Waals surface area contributed by atoms with Gasteiger partial charge in [-0.2, -0.15) is 0 Å². The van der Waals surface area contributed by atoms with Gasteiger partial charge in [-0.3, -0.25) is 4.79 Å². The molecule has 1 aliphatic rings. The molecule has 1 amide bonds. The fraction of sp³-hybridized carbons (Fsp3) is 0.500. The SMILES string of the molecule is Cc1cc(C)nc(Nc2cc(C)nc([C@@H]3CCCCN3C(=O)/C=C/CN(C)C)n2)n1. The molecule has 0 unspecified atom stereocenters. The van der Waals surface area contributed by atoms with Crippen molar-refractivity contribution < 1.29 is 4.79 Å². The van der Waals surface area contributed by atoms with E-state index in [0.717, 1.165) is 49.4 Å². The van der Waals surface area contributed by atoms with Crippen molar-refractivity contribution in [3.8, 4) is 0 Å². The van der Waals surface area contributed by atoms with Crippen molar-refractivity contribution >= 4 is 17.7 Å². The van der Waals surface area contributed by atoms with Crippen LogP contribution in [0.25, 0.3) is 0 Å². The molecule has 8 nitrogen and oxygen atoms in total. The van der Waals surface area contributed by atoms with Gasteiger partial charge in [0.25, 0.3) is 0 Å². The van der Waals surface area contributed by atoms with E-state index in [-0.39, 0.29) is 11.9 Å². The van der Waals surface area contributed by atoms with Gasteiger partial charge in [-0.1, -0.05) is 6.08 Å². The minimum absolute atomic E-state index is 0.0128. The Balaban J connectivity index is 1.83. The lowest BCUT2D eigenvalue weighted by Gasteiger charge is -2.34. The molecule has 0 radical (unpaired) electrons. The first-order valence-corrected chi connectivity index (χ1v) is 10.4. The number of nitrogens with one attached hydrogen (secondary N) is 1. The molecule has 8 heteroatoms. The summed E-state index contributed by atoms with van der Waals surface area (Å²) in [4.78, 5) is 35.0. The Kier molecular flexibility index (Phi) is 7.10. The van der Waals surface area contributed by atoms with Crippen LogP contribution in [0.1, 0.15) is 48.2 Å². The number of carbonyl (C=O) groups is 1. The van der Waals surface area contributed by atoms with Crippen LogP contribution in [0.3, 0.4) is 0 Å². The fourth-order valence-electron chi connectivity index (χ4n) is 3.62. The van der Waals surface area contributed by atoms with Crippen molar-refractivity contribution in [1.82, 2.24) is 29.7 Å². The number of anilines is 2. The Hall–Kier alpha value is -2.87. The molecule has 30 heavy (non-hydrogen) atoms. The van der Waals surface area contributed by atoms with Crippen molar-refractivity contribution in [2.24, 2.45) is 0 Å². The molecule has 3 rings (SSSR count). The van der Waals surface area contributed by atoms with Gasteiger partial charge in [0, 0.05) is 42.3 Å². The van der Waals surface area contributed by atoms with Gasteiger partial charge >= 0.3 is 0 Å². The zero-order chi connectivity index (χ0) is 21.7. The molecule has 1 saturated heterocycles.